The Kier molecular flexibility index (Phi) is 3.52. The quantitative estimate of drug-likeness (QED) is 0.653. The van der Waals surface area contributed by atoms with Crippen LogP contribution in [0.3, 0.4) is 0 Å². The first-order valence-electron chi connectivity index (χ1n) is 4.18. The first-order valence-corrected chi connectivity index (χ1v) is 4.18. The number of aliphatic hydroxyl groups is 1. The van der Waals surface area contributed by atoms with Gasteiger partial charge in [0.2, 0.25) is 0 Å². The molecule has 0 aromatic heterocycles. The van der Waals surface area contributed by atoms with Crippen LogP contribution in [0.5, 0.6) is 0 Å². The van der Waals surface area contributed by atoms with Crippen LogP contribution in [0.4, 0.5) is 0 Å². The zero-order valence-corrected chi connectivity index (χ0v) is 8.15. The van der Waals surface area contributed by atoms with E-state index in [1.54, 1.807) is 0 Å². The number of aliphatic hydroxyl groups excluding tert-OH is 1. The van der Waals surface area contributed by atoms with Gasteiger partial charge < -0.3 is 10.8 Å². The highest BCUT2D eigenvalue weighted by atomic mass is 16.3. The summed E-state index contributed by atoms with van der Waals surface area (Å²) in [6, 6.07) is 0. The molecule has 2 heteroatoms. The van der Waals surface area contributed by atoms with Crippen LogP contribution in [0.2, 0.25) is 0 Å². The Morgan fingerprint density at radius 3 is 1.73 bits per heavy atom. The number of nitrogens with two attached hydrogens (primary N) is 1. The van der Waals surface area contributed by atoms with Crippen LogP contribution in [0.1, 0.15) is 34.1 Å². The van der Waals surface area contributed by atoms with Crippen LogP contribution in [0.15, 0.2) is 0 Å². The molecular weight excluding hydrogens is 138 g/mol. The van der Waals surface area contributed by atoms with Crippen molar-refractivity contribution in [2.45, 2.75) is 34.1 Å². The molecule has 0 aromatic carbocycles. The van der Waals surface area contributed by atoms with E-state index >= 15 is 0 Å². The molecule has 1 atom stereocenters. The molecule has 0 rings (SSSR count). The molecule has 0 saturated carbocycles. The molecule has 3 N–H and O–H groups in total. The second-order valence-electron chi connectivity index (χ2n) is 4.49. The van der Waals surface area contributed by atoms with E-state index in [0.717, 1.165) is 6.42 Å². The van der Waals surface area contributed by atoms with E-state index in [-0.39, 0.29) is 17.4 Å². The van der Waals surface area contributed by atoms with Gasteiger partial charge in [-0.05, 0) is 23.8 Å². The Morgan fingerprint density at radius 2 is 1.64 bits per heavy atom. The molecule has 0 aliphatic heterocycles. The molecule has 11 heavy (non-hydrogen) atoms. The van der Waals surface area contributed by atoms with E-state index in [0.29, 0.717) is 6.54 Å². The molecular formula is C9H21NO. The zero-order chi connectivity index (χ0) is 9.12. The summed E-state index contributed by atoms with van der Waals surface area (Å²) in [7, 11) is 0. The highest BCUT2D eigenvalue weighted by Gasteiger charge is 2.35. The lowest BCUT2D eigenvalue weighted by Crippen LogP contribution is -2.40. The molecule has 0 radical (unpaired) electrons. The summed E-state index contributed by atoms with van der Waals surface area (Å²) in [4.78, 5) is 0. The van der Waals surface area contributed by atoms with Gasteiger partial charge in [0.25, 0.3) is 0 Å². The summed E-state index contributed by atoms with van der Waals surface area (Å²) in [6.45, 7) is 9.48. The molecule has 2 nitrogen and oxygen atoms in total. The SMILES string of the molecule is CC(C)(C)C(C)(CN)CCO. The molecule has 68 valence electrons. The molecule has 0 aliphatic carbocycles. The lowest BCUT2D eigenvalue weighted by Gasteiger charge is -2.40. The van der Waals surface area contributed by atoms with E-state index in [1.165, 1.54) is 0 Å². The van der Waals surface area contributed by atoms with Crippen LogP contribution >= 0.6 is 0 Å². The monoisotopic (exact) mass is 159 g/mol. The predicted molar refractivity (Wildman–Crippen MR) is 48.3 cm³/mol. The Hall–Kier alpha value is -0.0800. The first kappa shape index (κ1) is 10.9. The van der Waals surface area contributed by atoms with Crippen molar-refractivity contribution >= 4 is 0 Å². The van der Waals surface area contributed by atoms with Crippen LogP contribution in [-0.4, -0.2) is 18.3 Å². The standard InChI is InChI=1S/C9H21NO/c1-8(2,3)9(4,7-10)5-6-11/h11H,5-7,10H2,1-4H3. The molecule has 0 aromatic rings. The van der Waals surface area contributed by atoms with E-state index in [4.69, 9.17) is 10.8 Å². The van der Waals surface area contributed by atoms with Gasteiger partial charge in [-0.2, -0.15) is 0 Å². The maximum absolute atomic E-state index is 8.84. The van der Waals surface area contributed by atoms with Crippen molar-refractivity contribution < 1.29 is 5.11 Å². The van der Waals surface area contributed by atoms with Crippen LogP contribution in [-0.2, 0) is 0 Å². The van der Waals surface area contributed by atoms with Crippen molar-refractivity contribution in [3.63, 3.8) is 0 Å². The summed E-state index contributed by atoms with van der Waals surface area (Å²) in [6.07, 6.45) is 0.785. The molecule has 0 spiro atoms. The second-order valence-corrected chi connectivity index (χ2v) is 4.49. The minimum Gasteiger partial charge on any atom is -0.396 e. The average Bonchev–Trinajstić information content (AvgIpc) is 1.86. The number of hydrogen-bond acceptors (Lipinski definition) is 2. The van der Waals surface area contributed by atoms with Crippen LogP contribution in [0, 0.1) is 10.8 Å². The Labute approximate surface area is 69.8 Å². The van der Waals surface area contributed by atoms with Gasteiger partial charge in [-0.1, -0.05) is 27.7 Å². The summed E-state index contributed by atoms with van der Waals surface area (Å²) in [5.41, 5.74) is 5.90. The maximum atomic E-state index is 8.84. The average molecular weight is 159 g/mol. The van der Waals surface area contributed by atoms with Gasteiger partial charge in [-0.15, -0.1) is 0 Å². The Balaban J connectivity index is 4.33. The third-order valence-corrected chi connectivity index (χ3v) is 2.92. The fourth-order valence-electron chi connectivity index (χ4n) is 1.03. The molecule has 1 unspecified atom stereocenters. The lowest BCUT2D eigenvalue weighted by molar-refractivity contribution is 0.0793. The summed E-state index contributed by atoms with van der Waals surface area (Å²) >= 11 is 0. The van der Waals surface area contributed by atoms with Crippen molar-refractivity contribution in [2.75, 3.05) is 13.2 Å². The molecule has 0 fully saturated rings. The first-order chi connectivity index (χ1) is 4.87. The van der Waals surface area contributed by atoms with Gasteiger partial charge in [0.15, 0.2) is 0 Å². The Bertz CT molecular complexity index is 117. The fourth-order valence-corrected chi connectivity index (χ4v) is 1.03. The molecule has 0 heterocycles. The normalized spacial score (nSPS) is 18.0. The topological polar surface area (TPSA) is 46.2 Å². The predicted octanol–water partition coefficient (Wildman–Crippen LogP) is 1.38. The summed E-state index contributed by atoms with van der Waals surface area (Å²) in [5, 5.41) is 8.84. The minimum atomic E-state index is 0.0573. The van der Waals surface area contributed by atoms with Crippen molar-refractivity contribution in [3.8, 4) is 0 Å². The molecule has 0 aliphatic rings. The zero-order valence-electron chi connectivity index (χ0n) is 8.15. The van der Waals surface area contributed by atoms with E-state index in [2.05, 4.69) is 27.7 Å². The second kappa shape index (κ2) is 3.55. The third-order valence-electron chi connectivity index (χ3n) is 2.92. The fraction of sp³-hybridized carbons (Fsp3) is 1.00. The van der Waals surface area contributed by atoms with Crippen molar-refractivity contribution in [2.24, 2.45) is 16.6 Å². The Morgan fingerprint density at radius 1 is 1.18 bits per heavy atom. The largest absolute Gasteiger partial charge is 0.396 e. The van der Waals surface area contributed by atoms with E-state index < -0.39 is 0 Å². The van der Waals surface area contributed by atoms with Crippen LogP contribution in [0.25, 0.3) is 0 Å². The number of rotatable bonds is 3. The van der Waals surface area contributed by atoms with Crippen molar-refractivity contribution in [3.05, 3.63) is 0 Å². The summed E-state index contributed by atoms with van der Waals surface area (Å²) < 4.78 is 0. The molecule has 0 bridgehead atoms. The van der Waals surface area contributed by atoms with E-state index in [9.17, 15) is 0 Å². The smallest absolute Gasteiger partial charge is 0.0436 e. The third kappa shape index (κ3) is 2.46. The molecule has 0 amide bonds. The van der Waals surface area contributed by atoms with Gasteiger partial charge >= 0.3 is 0 Å². The van der Waals surface area contributed by atoms with Gasteiger partial charge in [0.1, 0.15) is 0 Å². The van der Waals surface area contributed by atoms with Gasteiger partial charge in [-0.3, -0.25) is 0 Å². The highest BCUT2D eigenvalue weighted by Crippen LogP contribution is 2.39. The van der Waals surface area contributed by atoms with Gasteiger partial charge in [-0.25, -0.2) is 0 Å². The molecule has 0 saturated heterocycles. The summed E-state index contributed by atoms with van der Waals surface area (Å²) in [5.74, 6) is 0. The lowest BCUT2D eigenvalue weighted by atomic mass is 9.66. The van der Waals surface area contributed by atoms with Crippen molar-refractivity contribution in [1.29, 1.82) is 0 Å². The number of hydrogen-bond donors (Lipinski definition) is 2. The van der Waals surface area contributed by atoms with Gasteiger partial charge in [0.05, 0.1) is 0 Å². The van der Waals surface area contributed by atoms with Crippen molar-refractivity contribution in [1.82, 2.24) is 0 Å². The van der Waals surface area contributed by atoms with E-state index in [1.807, 2.05) is 0 Å². The minimum absolute atomic E-state index is 0.0573. The van der Waals surface area contributed by atoms with Gasteiger partial charge in [0, 0.05) is 6.61 Å². The van der Waals surface area contributed by atoms with Crippen LogP contribution < -0.4 is 5.73 Å². The highest BCUT2D eigenvalue weighted by molar-refractivity contribution is 4.86. The maximum Gasteiger partial charge on any atom is 0.0436 e.